The van der Waals surface area contributed by atoms with Crippen LogP contribution in [0.15, 0.2) is 0 Å². The number of rotatable bonds is 32. The molecule has 1 rings (SSSR count). The molecule has 0 aromatic rings. The number of hydrogen-bond donors (Lipinski definition) is 1. The number of primary amides is 1. The summed E-state index contributed by atoms with van der Waals surface area (Å²) >= 11 is 0. The standard InChI is InChI=1S/C36H72N2O3/c1-3-5-7-9-11-13-15-17-19-21-23-25-30-40-33-34(32-38-29-27-28-35(38)36(37)39)41-31-26-24-22-20-18-16-14-12-10-8-6-4-2/h34-35H,3-33H2,1-2H3,(H2,37,39)/t34-,35?/m1/s1. The summed E-state index contributed by atoms with van der Waals surface area (Å²) in [5.41, 5.74) is 5.67. The molecule has 0 bridgehead atoms. The fourth-order valence-corrected chi connectivity index (χ4v) is 6.23. The summed E-state index contributed by atoms with van der Waals surface area (Å²) in [6, 6.07) is -0.135. The fourth-order valence-electron chi connectivity index (χ4n) is 6.23. The molecule has 0 radical (unpaired) electrons. The van der Waals surface area contributed by atoms with Gasteiger partial charge in [-0.3, -0.25) is 9.69 Å². The van der Waals surface area contributed by atoms with Crippen LogP contribution in [0.4, 0.5) is 0 Å². The van der Waals surface area contributed by atoms with Gasteiger partial charge in [-0.25, -0.2) is 0 Å². The van der Waals surface area contributed by atoms with E-state index in [0.717, 1.165) is 52.0 Å². The minimum atomic E-state index is -0.195. The first-order valence-electron chi connectivity index (χ1n) is 18.4. The number of carbonyl (C=O) groups is 1. The molecule has 1 amide bonds. The average Bonchev–Trinajstić information content (AvgIpc) is 3.44. The molecule has 0 saturated carbocycles. The summed E-state index contributed by atoms with van der Waals surface area (Å²) in [5.74, 6) is -0.195. The Labute approximate surface area is 256 Å². The lowest BCUT2D eigenvalue weighted by atomic mass is 10.1. The maximum atomic E-state index is 11.9. The highest BCUT2D eigenvalue weighted by Gasteiger charge is 2.30. The third-order valence-electron chi connectivity index (χ3n) is 8.93. The van der Waals surface area contributed by atoms with Gasteiger partial charge in [0.1, 0.15) is 0 Å². The van der Waals surface area contributed by atoms with Crippen molar-refractivity contribution in [3.05, 3.63) is 0 Å². The highest BCUT2D eigenvalue weighted by molar-refractivity contribution is 5.80. The Morgan fingerprint density at radius 3 is 1.51 bits per heavy atom. The number of nitrogens with two attached hydrogens (primary N) is 1. The van der Waals surface area contributed by atoms with Crippen LogP contribution in [0, 0.1) is 0 Å². The molecule has 1 unspecified atom stereocenters. The van der Waals surface area contributed by atoms with E-state index in [4.69, 9.17) is 15.2 Å². The first kappa shape index (κ1) is 38.4. The Morgan fingerprint density at radius 1 is 0.659 bits per heavy atom. The second kappa shape index (κ2) is 29.4. The normalized spacial score (nSPS) is 16.5. The van der Waals surface area contributed by atoms with Gasteiger partial charge in [-0.05, 0) is 32.2 Å². The SMILES string of the molecule is CCCCCCCCCCCCCCOC[C@@H](CN1CCCC1C(N)=O)OCCCCCCCCCCCCCC. The summed E-state index contributed by atoms with van der Waals surface area (Å²) in [4.78, 5) is 14.1. The molecule has 5 nitrogen and oxygen atoms in total. The molecule has 0 aromatic heterocycles. The molecule has 0 spiro atoms. The highest BCUT2D eigenvalue weighted by Crippen LogP contribution is 2.19. The molecule has 1 saturated heterocycles. The van der Waals surface area contributed by atoms with Gasteiger partial charge in [0.25, 0.3) is 0 Å². The van der Waals surface area contributed by atoms with Gasteiger partial charge in [0.05, 0.1) is 18.8 Å². The van der Waals surface area contributed by atoms with Crippen molar-refractivity contribution in [3.8, 4) is 0 Å². The van der Waals surface area contributed by atoms with E-state index >= 15 is 0 Å². The molecule has 2 N–H and O–H groups in total. The summed E-state index contributed by atoms with van der Waals surface area (Å²) in [7, 11) is 0. The van der Waals surface area contributed by atoms with Gasteiger partial charge >= 0.3 is 0 Å². The second-order valence-electron chi connectivity index (χ2n) is 12.9. The van der Waals surface area contributed by atoms with Gasteiger partial charge in [-0.15, -0.1) is 0 Å². The molecule has 1 aliphatic rings. The molecule has 0 aliphatic carbocycles. The summed E-state index contributed by atoms with van der Waals surface area (Å²) < 4.78 is 12.4. The minimum absolute atomic E-state index is 0.0278. The van der Waals surface area contributed by atoms with Gasteiger partial charge in [0, 0.05) is 19.8 Å². The minimum Gasteiger partial charge on any atom is -0.379 e. The van der Waals surface area contributed by atoms with Gasteiger partial charge in [0.15, 0.2) is 0 Å². The van der Waals surface area contributed by atoms with E-state index in [0.29, 0.717) is 6.61 Å². The Bertz CT molecular complexity index is 559. The van der Waals surface area contributed by atoms with Crippen molar-refractivity contribution >= 4 is 5.91 Å². The first-order chi connectivity index (χ1) is 20.2. The molecule has 1 aliphatic heterocycles. The second-order valence-corrected chi connectivity index (χ2v) is 12.9. The molecule has 5 heteroatoms. The first-order valence-corrected chi connectivity index (χ1v) is 18.4. The summed E-state index contributed by atoms with van der Waals surface area (Å²) in [5, 5.41) is 0. The molecule has 1 fully saturated rings. The predicted octanol–water partition coefficient (Wildman–Crippen LogP) is 9.74. The number of hydrogen-bond acceptors (Lipinski definition) is 4. The highest BCUT2D eigenvalue weighted by atomic mass is 16.5. The predicted molar refractivity (Wildman–Crippen MR) is 177 cm³/mol. The van der Waals surface area contributed by atoms with Crippen molar-refractivity contribution in [3.63, 3.8) is 0 Å². The Hall–Kier alpha value is -0.650. The van der Waals surface area contributed by atoms with Crippen molar-refractivity contribution in [2.24, 2.45) is 5.73 Å². The van der Waals surface area contributed by atoms with Gasteiger partial charge < -0.3 is 15.2 Å². The van der Waals surface area contributed by atoms with Gasteiger partial charge in [-0.2, -0.15) is 0 Å². The smallest absolute Gasteiger partial charge is 0.234 e. The van der Waals surface area contributed by atoms with Crippen molar-refractivity contribution in [2.45, 2.75) is 193 Å². The van der Waals surface area contributed by atoms with Crippen LogP contribution in [0.3, 0.4) is 0 Å². The maximum Gasteiger partial charge on any atom is 0.234 e. The molecular formula is C36H72N2O3. The molecule has 41 heavy (non-hydrogen) atoms. The summed E-state index contributed by atoms with van der Waals surface area (Å²) in [6.07, 6.45) is 34.5. The fraction of sp³-hybridized carbons (Fsp3) is 0.972. The van der Waals surface area contributed by atoms with Crippen LogP contribution in [-0.2, 0) is 14.3 Å². The lowest BCUT2D eigenvalue weighted by molar-refractivity contribution is -0.123. The topological polar surface area (TPSA) is 64.8 Å². The average molecular weight is 581 g/mol. The van der Waals surface area contributed by atoms with Crippen LogP contribution >= 0.6 is 0 Å². The van der Waals surface area contributed by atoms with Crippen LogP contribution in [0.1, 0.15) is 181 Å². The van der Waals surface area contributed by atoms with Gasteiger partial charge in [-0.1, -0.05) is 155 Å². The van der Waals surface area contributed by atoms with Crippen LogP contribution in [-0.4, -0.2) is 55.9 Å². The number of likely N-dealkylation sites (tertiary alicyclic amines) is 1. The van der Waals surface area contributed by atoms with E-state index in [2.05, 4.69) is 18.7 Å². The van der Waals surface area contributed by atoms with Crippen molar-refractivity contribution in [1.29, 1.82) is 0 Å². The molecular weight excluding hydrogens is 508 g/mol. The molecule has 1 heterocycles. The van der Waals surface area contributed by atoms with E-state index in [1.54, 1.807) is 0 Å². The molecule has 0 aromatic carbocycles. The van der Waals surface area contributed by atoms with Crippen LogP contribution in [0.25, 0.3) is 0 Å². The van der Waals surface area contributed by atoms with E-state index in [1.165, 1.54) is 141 Å². The van der Waals surface area contributed by atoms with E-state index in [1.807, 2.05) is 0 Å². The largest absolute Gasteiger partial charge is 0.379 e. The van der Waals surface area contributed by atoms with Crippen LogP contribution in [0.5, 0.6) is 0 Å². The number of amides is 1. The monoisotopic (exact) mass is 581 g/mol. The van der Waals surface area contributed by atoms with E-state index in [9.17, 15) is 4.79 Å². The number of ether oxygens (including phenoxy) is 2. The number of nitrogens with zero attached hydrogens (tertiary/aromatic N) is 1. The van der Waals surface area contributed by atoms with Crippen molar-refractivity contribution < 1.29 is 14.3 Å². The van der Waals surface area contributed by atoms with E-state index < -0.39 is 0 Å². The quantitative estimate of drug-likeness (QED) is 0.0804. The van der Waals surface area contributed by atoms with Crippen molar-refractivity contribution in [1.82, 2.24) is 4.90 Å². The Morgan fingerprint density at radius 2 is 1.07 bits per heavy atom. The zero-order valence-electron chi connectivity index (χ0n) is 27.8. The number of unbranched alkanes of at least 4 members (excludes halogenated alkanes) is 22. The molecule has 2 atom stereocenters. The van der Waals surface area contributed by atoms with Crippen molar-refractivity contribution in [2.75, 3.05) is 32.9 Å². The van der Waals surface area contributed by atoms with Crippen LogP contribution < -0.4 is 5.73 Å². The third kappa shape index (κ3) is 23.5. The Kier molecular flexibility index (Phi) is 27.5. The van der Waals surface area contributed by atoms with Crippen LogP contribution in [0.2, 0.25) is 0 Å². The Balaban J connectivity index is 2.11. The molecule has 244 valence electrons. The van der Waals surface area contributed by atoms with E-state index in [-0.39, 0.29) is 18.1 Å². The zero-order valence-corrected chi connectivity index (χ0v) is 27.8. The maximum absolute atomic E-state index is 11.9. The third-order valence-corrected chi connectivity index (χ3v) is 8.93. The lowest BCUT2D eigenvalue weighted by Crippen LogP contribution is -2.45. The van der Waals surface area contributed by atoms with Gasteiger partial charge in [0.2, 0.25) is 5.91 Å². The number of carbonyl (C=O) groups excluding carboxylic acids is 1. The summed E-state index contributed by atoms with van der Waals surface area (Å²) in [6.45, 7) is 8.49. The lowest BCUT2D eigenvalue weighted by Gasteiger charge is -2.27. The zero-order chi connectivity index (χ0) is 29.6.